The Kier molecular flexibility index (Phi) is 4.79. The average molecular weight is 310 g/mol. The number of carbonyl (C=O) groups excluding carboxylic acids is 1. The summed E-state index contributed by atoms with van der Waals surface area (Å²) in [7, 11) is 0. The fourth-order valence-corrected chi connectivity index (χ4v) is 2.88. The van der Waals surface area contributed by atoms with Gasteiger partial charge in [-0.05, 0) is 51.8 Å². The van der Waals surface area contributed by atoms with E-state index in [9.17, 15) is 4.79 Å². The maximum Gasteiger partial charge on any atom is 0.253 e. The highest BCUT2D eigenvalue weighted by Crippen LogP contribution is 2.21. The molecule has 4 nitrogen and oxygen atoms in total. The Morgan fingerprint density at radius 3 is 2.48 bits per heavy atom. The van der Waals surface area contributed by atoms with Crippen LogP contribution < -0.4 is 11.1 Å². The van der Waals surface area contributed by atoms with Crippen molar-refractivity contribution in [3.63, 3.8) is 0 Å². The molecule has 0 spiro atoms. The molecule has 21 heavy (non-hydrogen) atoms. The van der Waals surface area contributed by atoms with Gasteiger partial charge < -0.3 is 11.1 Å². The molecule has 0 aromatic heterocycles. The van der Waals surface area contributed by atoms with E-state index in [1.807, 2.05) is 0 Å². The molecule has 1 aromatic carbocycles. The topological polar surface area (TPSA) is 58.4 Å². The quantitative estimate of drug-likeness (QED) is 0.826. The van der Waals surface area contributed by atoms with Crippen molar-refractivity contribution in [2.45, 2.75) is 45.2 Å². The van der Waals surface area contributed by atoms with Gasteiger partial charge in [0.2, 0.25) is 0 Å². The third-order valence-electron chi connectivity index (χ3n) is 4.04. The molecule has 116 valence electrons. The molecule has 1 saturated heterocycles. The van der Waals surface area contributed by atoms with Crippen LogP contribution >= 0.6 is 11.6 Å². The first-order valence-corrected chi connectivity index (χ1v) is 7.76. The number of hydrogen-bond acceptors (Lipinski definition) is 3. The summed E-state index contributed by atoms with van der Waals surface area (Å²) in [5.74, 6) is -0.113. The Hall–Kier alpha value is -1.26. The van der Waals surface area contributed by atoms with E-state index in [0.29, 0.717) is 16.3 Å². The third-order valence-corrected chi connectivity index (χ3v) is 4.27. The summed E-state index contributed by atoms with van der Waals surface area (Å²) in [6.45, 7) is 8.68. The highest BCUT2D eigenvalue weighted by atomic mass is 35.5. The van der Waals surface area contributed by atoms with Crippen LogP contribution in [0.25, 0.3) is 0 Å². The van der Waals surface area contributed by atoms with Crippen molar-refractivity contribution in [1.29, 1.82) is 0 Å². The second-order valence-electron chi connectivity index (χ2n) is 6.64. The van der Waals surface area contributed by atoms with Crippen molar-refractivity contribution in [3.8, 4) is 0 Å². The molecule has 1 fully saturated rings. The number of nitrogens with zero attached hydrogens (tertiary/aromatic N) is 1. The van der Waals surface area contributed by atoms with Crippen LogP contribution in [-0.4, -0.2) is 35.5 Å². The lowest BCUT2D eigenvalue weighted by Crippen LogP contribution is -2.50. The number of hydrogen-bond donors (Lipinski definition) is 2. The third kappa shape index (κ3) is 4.11. The number of piperidine rings is 1. The van der Waals surface area contributed by atoms with Crippen LogP contribution in [0.3, 0.4) is 0 Å². The number of nitrogens with one attached hydrogen (secondary N) is 1. The molecule has 0 unspecified atom stereocenters. The molecule has 1 amide bonds. The summed E-state index contributed by atoms with van der Waals surface area (Å²) in [4.78, 5) is 14.7. The largest absolute Gasteiger partial charge is 0.398 e. The number of carbonyl (C=O) groups is 1. The summed E-state index contributed by atoms with van der Waals surface area (Å²) >= 11 is 5.86. The lowest BCUT2D eigenvalue weighted by atomic mass is 9.98. The summed E-state index contributed by atoms with van der Waals surface area (Å²) in [6.07, 6.45) is 1.94. The van der Waals surface area contributed by atoms with Gasteiger partial charge in [0.1, 0.15) is 0 Å². The molecule has 1 aromatic rings. The van der Waals surface area contributed by atoms with E-state index in [-0.39, 0.29) is 17.5 Å². The predicted molar refractivity (Wildman–Crippen MR) is 87.7 cm³/mol. The van der Waals surface area contributed by atoms with E-state index in [0.717, 1.165) is 25.9 Å². The fraction of sp³-hybridized carbons (Fsp3) is 0.562. The van der Waals surface area contributed by atoms with Gasteiger partial charge in [-0.1, -0.05) is 11.6 Å². The van der Waals surface area contributed by atoms with Crippen LogP contribution in [-0.2, 0) is 0 Å². The van der Waals surface area contributed by atoms with E-state index in [1.54, 1.807) is 18.2 Å². The highest BCUT2D eigenvalue weighted by Gasteiger charge is 2.27. The molecule has 1 heterocycles. The lowest BCUT2D eigenvalue weighted by Gasteiger charge is -2.41. The monoisotopic (exact) mass is 309 g/mol. The van der Waals surface area contributed by atoms with Gasteiger partial charge in [0.25, 0.3) is 5.91 Å². The second kappa shape index (κ2) is 6.24. The van der Waals surface area contributed by atoms with Crippen LogP contribution in [0.5, 0.6) is 0 Å². The maximum atomic E-state index is 12.3. The highest BCUT2D eigenvalue weighted by molar-refractivity contribution is 6.31. The Balaban J connectivity index is 1.93. The van der Waals surface area contributed by atoms with Gasteiger partial charge in [0.15, 0.2) is 0 Å². The van der Waals surface area contributed by atoms with Crippen LogP contribution in [0.15, 0.2) is 18.2 Å². The average Bonchev–Trinajstić information content (AvgIpc) is 2.38. The Bertz CT molecular complexity index is 517. The van der Waals surface area contributed by atoms with Crippen molar-refractivity contribution in [2.24, 2.45) is 0 Å². The SMILES string of the molecule is CC(C)(C)N1CCC(NC(=O)c2ccc(Cl)cc2N)CC1. The van der Waals surface area contributed by atoms with E-state index in [4.69, 9.17) is 17.3 Å². The van der Waals surface area contributed by atoms with E-state index in [1.165, 1.54) is 0 Å². The maximum absolute atomic E-state index is 12.3. The standard InChI is InChI=1S/C16H24ClN3O/c1-16(2,3)20-8-6-12(7-9-20)19-15(21)13-5-4-11(17)10-14(13)18/h4-5,10,12H,6-9,18H2,1-3H3,(H,19,21). The number of likely N-dealkylation sites (tertiary alicyclic amines) is 1. The molecular formula is C16H24ClN3O. The molecular weight excluding hydrogens is 286 g/mol. The van der Waals surface area contributed by atoms with E-state index < -0.39 is 0 Å². The van der Waals surface area contributed by atoms with E-state index in [2.05, 4.69) is 31.0 Å². The molecule has 2 rings (SSSR count). The number of nitrogen functional groups attached to an aromatic ring is 1. The van der Waals surface area contributed by atoms with Crippen LogP contribution in [0.2, 0.25) is 5.02 Å². The van der Waals surface area contributed by atoms with Crippen molar-refractivity contribution in [3.05, 3.63) is 28.8 Å². The first-order valence-electron chi connectivity index (χ1n) is 7.38. The fourth-order valence-electron chi connectivity index (χ4n) is 2.70. The summed E-state index contributed by atoms with van der Waals surface area (Å²) in [6, 6.07) is 5.19. The summed E-state index contributed by atoms with van der Waals surface area (Å²) in [5.41, 5.74) is 6.96. The van der Waals surface area contributed by atoms with Gasteiger partial charge in [-0.15, -0.1) is 0 Å². The number of amides is 1. The van der Waals surface area contributed by atoms with Gasteiger partial charge in [-0.3, -0.25) is 9.69 Å². The molecule has 1 aliphatic rings. The number of halogens is 1. The van der Waals surface area contributed by atoms with Gasteiger partial charge in [0, 0.05) is 35.4 Å². The van der Waals surface area contributed by atoms with Crippen LogP contribution in [0, 0.1) is 0 Å². The van der Waals surface area contributed by atoms with E-state index >= 15 is 0 Å². The van der Waals surface area contributed by atoms with Crippen LogP contribution in [0.1, 0.15) is 44.0 Å². The zero-order valence-corrected chi connectivity index (χ0v) is 13.7. The molecule has 0 bridgehead atoms. The molecule has 0 saturated carbocycles. The molecule has 3 N–H and O–H groups in total. The molecule has 5 heteroatoms. The van der Waals surface area contributed by atoms with Gasteiger partial charge in [0.05, 0.1) is 5.56 Å². The van der Waals surface area contributed by atoms with Crippen molar-refractivity contribution >= 4 is 23.2 Å². The first kappa shape index (κ1) is 16.1. The normalized spacial score (nSPS) is 17.7. The summed E-state index contributed by atoms with van der Waals surface area (Å²) in [5, 5.41) is 3.62. The van der Waals surface area contributed by atoms with Gasteiger partial charge >= 0.3 is 0 Å². The smallest absolute Gasteiger partial charge is 0.253 e. The van der Waals surface area contributed by atoms with Crippen LogP contribution in [0.4, 0.5) is 5.69 Å². The molecule has 0 atom stereocenters. The van der Waals surface area contributed by atoms with Crippen molar-refractivity contribution in [2.75, 3.05) is 18.8 Å². The lowest BCUT2D eigenvalue weighted by molar-refractivity contribution is 0.0813. The Morgan fingerprint density at radius 2 is 1.95 bits per heavy atom. The zero-order valence-electron chi connectivity index (χ0n) is 12.9. The Morgan fingerprint density at radius 1 is 1.33 bits per heavy atom. The predicted octanol–water partition coefficient (Wildman–Crippen LogP) is 2.91. The molecule has 1 aliphatic heterocycles. The Labute approximate surface area is 131 Å². The first-order chi connectivity index (χ1) is 9.77. The molecule has 0 radical (unpaired) electrons. The van der Waals surface area contributed by atoms with Gasteiger partial charge in [-0.2, -0.15) is 0 Å². The second-order valence-corrected chi connectivity index (χ2v) is 7.07. The van der Waals surface area contributed by atoms with Crippen molar-refractivity contribution < 1.29 is 4.79 Å². The summed E-state index contributed by atoms with van der Waals surface area (Å²) < 4.78 is 0. The van der Waals surface area contributed by atoms with Crippen molar-refractivity contribution in [1.82, 2.24) is 10.2 Å². The number of anilines is 1. The zero-order chi connectivity index (χ0) is 15.6. The number of nitrogens with two attached hydrogens (primary N) is 1. The minimum Gasteiger partial charge on any atom is -0.398 e. The minimum atomic E-state index is -0.113. The number of benzene rings is 1. The van der Waals surface area contributed by atoms with Gasteiger partial charge in [-0.25, -0.2) is 0 Å². The molecule has 0 aliphatic carbocycles. The minimum absolute atomic E-state index is 0.113. The number of rotatable bonds is 2.